The Morgan fingerprint density at radius 3 is 2.35 bits per heavy atom. The van der Waals surface area contributed by atoms with Gasteiger partial charge in [-0.05, 0) is 64.1 Å². The van der Waals surface area contributed by atoms with Crippen LogP contribution in [0.5, 0.6) is 0 Å². The fraction of sp³-hybridized carbons (Fsp3) is 0.133. The largest absolute Gasteiger partial charge is 0.307 e. The van der Waals surface area contributed by atoms with Crippen molar-refractivity contribution < 1.29 is 9.59 Å². The number of para-hydroxylation sites is 1. The van der Waals surface area contributed by atoms with Crippen LogP contribution in [-0.2, 0) is 6.42 Å². The van der Waals surface area contributed by atoms with Gasteiger partial charge in [0.15, 0.2) is 12.1 Å². The number of fused-ring (bicyclic) bond motifs is 3. The van der Waals surface area contributed by atoms with Crippen LogP contribution < -0.4 is 0 Å². The lowest BCUT2D eigenvalue weighted by Crippen LogP contribution is -2.04. The Bertz CT molecular complexity index is 1520. The van der Waals surface area contributed by atoms with E-state index in [0.717, 1.165) is 51.3 Å². The minimum atomic E-state index is -0.0653. The summed E-state index contributed by atoms with van der Waals surface area (Å²) in [5.41, 5.74) is 6.53. The Kier molecular flexibility index (Phi) is 6.33. The molecule has 3 aromatic carbocycles. The second-order valence-electron chi connectivity index (χ2n) is 8.49. The third kappa shape index (κ3) is 3.86. The van der Waals surface area contributed by atoms with Crippen molar-refractivity contribution in [2.75, 3.05) is 0 Å². The Balaban J connectivity index is 1.80. The first-order chi connectivity index (χ1) is 16.6. The minimum Gasteiger partial charge on any atom is -0.307 e. The normalized spacial score (nSPS) is 11.2. The number of rotatable bonds is 7. The monoisotopic (exact) mass is 557 g/mol. The van der Waals surface area contributed by atoms with Gasteiger partial charge >= 0.3 is 0 Å². The molecular weight excluding hydrogens is 533 g/mol. The van der Waals surface area contributed by atoms with Crippen molar-refractivity contribution in [2.45, 2.75) is 26.2 Å². The zero-order valence-corrected chi connectivity index (χ0v) is 21.1. The number of hydrogen-bond donors (Lipinski definition) is 0. The summed E-state index contributed by atoms with van der Waals surface area (Å²) in [5, 5.41) is 0.958. The topological polar surface area (TPSA) is 38.5 Å². The van der Waals surface area contributed by atoms with Crippen molar-refractivity contribution in [3.8, 4) is 11.3 Å². The Morgan fingerprint density at radius 1 is 0.941 bits per heavy atom. The summed E-state index contributed by atoms with van der Waals surface area (Å²) in [5.74, 6) is -0.0653. The highest BCUT2D eigenvalue weighted by molar-refractivity contribution is 14.1. The van der Waals surface area contributed by atoms with E-state index in [1.165, 1.54) is 5.56 Å². The van der Waals surface area contributed by atoms with Crippen LogP contribution in [0, 0.1) is 3.57 Å². The molecule has 0 fully saturated rings. The number of halogens is 1. The van der Waals surface area contributed by atoms with Crippen LogP contribution in [0.4, 0.5) is 0 Å². The fourth-order valence-corrected chi connectivity index (χ4v) is 5.66. The van der Waals surface area contributed by atoms with Crippen molar-refractivity contribution in [2.24, 2.45) is 0 Å². The van der Waals surface area contributed by atoms with E-state index >= 15 is 0 Å². The first-order valence-corrected chi connectivity index (χ1v) is 12.6. The number of carbonyl (C=O) groups is 2. The molecule has 0 aliphatic heterocycles. The lowest BCUT2D eigenvalue weighted by atomic mass is 9.99. The molecule has 4 heteroatoms. The Hall–Kier alpha value is -3.25. The van der Waals surface area contributed by atoms with E-state index in [-0.39, 0.29) is 5.78 Å². The molecule has 0 aliphatic carbocycles. The number of aryl methyl sites for hydroxylation is 1. The van der Waals surface area contributed by atoms with Gasteiger partial charge in [-0.15, -0.1) is 0 Å². The number of aromatic nitrogens is 1. The molecule has 0 aliphatic rings. The number of carbonyl (C=O) groups excluding carboxylic acids is 2. The van der Waals surface area contributed by atoms with E-state index in [1.54, 1.807) is 0 Å². The molecule has 0 bridgehead atoms. The SMILES string of the molecule is CCCCc1ccc(C(=O)c2c(I)c(-c3ccccc3)n3c2c(C=O)cc2ccccc23)cc1. The first kappa shape index (κ1) is 22.5. The molecule has 0 unspecified atom stereocenters. The number of aldehydes is 1. The van der Waals surface area contributed by atoms with Gasteiger partial charge < -0.3 is 4.40 Å². The average Bonchev–Trinajstić information content (AvgIpc) is 3.20. The highest BCUT2D eigenvalue weighted by Gasteiger charge is 2.27. The van der Waals surface area contributed by atoms with Crippen LogP contribution in [0.15, 0.2) is 84.9 Å². The zero-order valence-electron chi connectivity index (χ0n) is 18.9. The highest BCUT2D eigenvalue weighted by atomic mass is 127. The number of ketones is 1. The molecule has 5 rings (SSSR count). The van der Waals surface area contributed by atoms with Gasteiger partial charge in [-0.25, -0.2) is 0 Å². The molecular formula is C30H24INO2. The van der Waals surface area contributed by atoms with Crippen molar-refractivity contribution in [1.29, 1.82) is 0 Å². The van der Waals surface area contributed by atoms with Gasteiger partial charge in [0.05, 0.1) is 25.9 Å². The molecule has 0 saturated carbocycles. The zero-order chi connectivity index (χ0) is 23.7. The predicted molar refractivity (Wildman–Crippen MR) is 147 cm³/mol. The van der Waals surface area contributed by atoms with E-state index < -0.39 is 0 Å². The molecule has 34 heavy (non-hydrogen) atoms. The fourth-order valence-electron chi connectivity index (χ4n) is 4.60. The maximum Gasteiger partial charge on any atom is 0.196 e. The molecule has 0 radical (unpaired) electrons. The van der Waals surface area contributed by atoms with E-state index in [4.69, 9.17) is 0 Å². The van der Waals surface area contributed by atoms with Gasteiger partial charge in [0, 0.05) is 11.1 Å². The second-order valence-corrected chi connectivity index (χ2v) is 9.57. The highest BCUT2D eigenvalue weighted by Crippen LogP contribution is 2.38. The summed E-state index contributed by atoms with van der Waals surface area (Å²) in [6.07, 6.45) is 4.14. The van der Waals surface area contributed by atoms with E-state index in [2.05, 4.69) is 33.9 Å². The number of nitrogens with zero attached hydrogens (tertiary/aromatic N) is 1. The second kappa shape index (κ2) is 9.55. The average molecular weight is 557 g/mol. The first-order valence-electron chi connectivity index (χ1n) is 11.5. The molecule has 0 saturated heterocycles. The van der Waals surface area contributed by atoms with E-state index in [0.29, 0.717) is 22.2 Å². The lowest BCUT2D eigenvalue weighted by Gasteiger charge is -2.10. The molecule has 168 valence electrons. The van der Waals surface area contributed by atoms with Crippen LogP contribution in [0.2, 0.25) is 0 Å². The van der Waals surface area contributed by atoms with Crippen LogP contribution in [0.25, 0.3) is 27.7 Å². The molecule has 0 amide bonds. The Labute approximate surface area is 212 Å². The van der Waals surface area contributed by atoms with Crippen molar-refractivity contribution in [1.82, 2.24) is 4.40 Å². The summed E-state index contributed by atoms with van der Waals surface area (Å²) in [6, 6.07) is 27.8. The lowest BCUT2D eigenvalue weighted by molar-refractivity contribution is 0.103. The molecule has 0 spiro atoms. The molecule has 3 nitrogen and oxygen atoms in total. The van der Waals surface area contributed by atoms with Gasteiger partial charge in [0.2, 0.25) is 0 Å². The number of pyridine rings is 1. The van der Waals surface area contributed by atoms with Gasteiger partial charge in [-0.2, -0.15) is 0 Å². The summed E-state index contributed by atoms with van der Waals surface area (Å²) in [4.78, 5) is 26.2. The molecule has 5 aromatic rings. The third-order valence-electron chi connectivity index (χ3n) is 6.31. The molecule has 2 aromatic heterocycles. The number of hydrogen-bond acceptors (Lipinski definition) is 2. The van der Waals surface area contributed by atoms with Crippen LogP contribution in [0.1, 0.15) is 51.6 Å². The standard InChI is InChI=1S/C30H24INO2/c1-2-3-9-20-14-16-22(17-15-20)30(34)26-27(31)29(21-10-5-4-6-11-21)32-25-13-8-7-12-23(25)18-24(19-33)28(26)32/h4-8,10-19H,2-3,9H2,1H3. The summed E-state index contributed by atoms with van der Waals surface area (Å²) in [6.45, 7) is 2.18. The summed E-state index contributed by atoms with van der Waals surface area (Å²) in [7, 11) is 0. The molecule has 2 heterocycles. The summed E-state index contributed by atoms with van der Waals surface area (Å²) < 4.78 is 2.93. The number of benzene rings is 3. The van der Waals surface area contributed by atoms with Crippen LogP contribution >= 0.6 is 22.6 Å². The molecule has 0 N–H and O–H groups in total. The van der Waals surface area contributed by atoms with E-state index in [9.17, 15) is 9.59 Å². The van der Waals surface area contributed by atoms with Crippen molar-refractivity contribution in [3.63, 3.8) is 0 Å². The smallest absolute Gasteiger partial charge is 0.196 e. The third-order valence-corrected chi connectivity index (χ3v) is 7.36. The van der Waals surface area contributed by atoms with E-state index in [1.807, 2.05) is 84.9 Å². The van der Waals surface area contributed by atoms with Crippen LogP contribution in [-0.4, -0.2) is 16.5 Å². The van der Waals surface area contributed by atoms with Gasteiger partial charge in [0.25, 0.3) is 0 Å². The van der Waals surface area contributed by atoms with Gasteiger partial charge in [0.1, 0.15) is 0 Å². The Morgan fingerprint density at radius 2 is 1.65 bits per heavy atom. The maximum atomic E-state index is 13.9. The van der Waals surface area contributed by atoms with Crippen molar-refractivity contribution in [3.05, 3.63) is 111 Å². The maximum absolute atomic E-state index is 13.9. The van der Waals surface area contributed by atoms with Gasteiger partial charge in [-0.1, -0.05) is 86.1 Å². The predicted octanol–water partition coefficient (Wildman–Crippen LogP) is 7.75. The van der Waals surface area contributed by atoms with Crippen LogP contribution in [0.3, 0.4) is 0 Å². The quantitative estimate of drug-likeness (QED) is 0.117. The molecule has 0 atom stereocenters. The summed E-state index contributed by atoms with van der Waals surface area (Å²) >= 11 is 2.27. The van der Waals surface area contributed by atoms with Crippen molar-refractivity contribution >= 4 is 51.1 Å². The number of unbranched alkanes of at least 4 members (excludes halogenated alkanes) is 1. The van der Waals surface area contributed by atoms with Gasteiger partial charge in [-0.3, -0.25) is 9.59 Å². The minimum absolute atomic E-state index is 0.0653.